The van der Waals surface area contributed by atoms with Gasteiger partial charge in [0.15, 0.2) is 0 Å². The van der Waals surface area contributed by atoms with Gasteiger partial charge in [0, 0.05) is 22.2 Å². The van der Waals surface area contributed by atoms with Crippen molar-refractivity contribution in [3.05, 3.63) is 46.7 Å². The lowest BCUT2D eigenvalue weighted by Gasteiger charge is -2.09. The molecular formula is C17H19N3O2S. The summed E-state index contributed by atoms with van der Waals surface area (Å²) in [6, 6.07) is 11.4. The van der Waals surface area contributed by atoms with E-state index in [1.54, 1.807) is 11.3 Å². The average molecular weight is 329 g/mol. The zero-order valence-electron chi connectivity index (χ0n) is 12.7. The maximum atomic E-state index is 11.8. The largest absolute Gasteiger partial charge is 0.376 e. The molecule has 1 fully saturated rings. The molecule has 1 aliphatic rings. The Morgan fingerprint density at radius 3 is 2.48 bits per heavy atom. The van der Waals surface area contributed by atoms with Crippen molar-refractivity contribution in [2.45, 2.75) is 19.4 Å². The Morgan fingerprint density at radius 1 is 1.09 bits per heavy atom. The maximum absolute atomic E-state index is 11.8. The van der Waals surface area contributed by atoms with Gasteiger partial charge in [0.1, 0.15) is 0 Å². The standard InChI is InChI=1S/C17H19N3O2S/c21-16(19-10-15-2-1-9-23-15)11-18-13-5-7-14(8-6-13)20-17(22)12-3-4-12/h1-2,5-9,12,18H,3-4,10-11H2,(H,19,21)(H,20,22). The van der Waals surface area contributed by atoms with E-state index >= 15 is 0 Å². The lowest BCUT2D eigenvalue weighted by atomic mass is 10.2. The van der Waals surface area contributed by atoms with Crippen molar-refractivity contribution in [2.75, 3.05) is 17.2 Å². The number of benzene rings is 1. The van der Waals surface area contributed by atoms with Gasteiger partial charge in [0.25, 0.3) is 0 Å². The molecule has 1 aromatic heterocycles. The van der Waals surface area contributed by atoms with E-state index in [-0.39, 0.29) is 24.3 Å². The van der Waals surface area contributed by atoms with Gasteiger partial charge in [-0.25, -0.2) is 0 Å². The minimum absolute atomic E-state index is 0.0514. The van der Waals surface area contributed by atoms with Crippen molar-refractivity contribution in [3.63, 3.8) is 0 Å². The van der Waals surface area contributed by atoms with Crippen LogP contribution in [0.1, 0.15) is 17.7 Å². The first-order valence-corrected chi connectivity index (χ1v) is 8.52. The second-order valence-corrected chi connectivity index (χ2v) is 6.58. The molecular weight excluding hydrogens is 310 g/mol. The van der Waals surface area contributed by atoms with E-state index in [2.05, 4.69) is 16.0 Å². The Kier molecular flexibility index (Phi) is 4.92. The van der Waals surface area contributed by atoms with Gasteiger partial charge in [-0.05, 0) is 48.6 Å². The Hall–Kier alpha value is -2.34. The summed E-state index contributed by atoms with van der Waals surface area (Å²) in [6.45, 7) is 0.781. The van der Waals surface area contributed by atoms with Crippen molar-refractivity contribution in [3.8, 4) is 0 Å². The fraction of sp³-hybridized carbons (Fsp3) is 0.294. The molecule has 2 aromatic rings. The van der Waals surface area contributed by atoms with Gasteiger partial charge >= 0.3 is 0 Å². The van der Waals surface area contributed by atoms with Crippen molar-refractivity contribution in [2.24, 2.45) is 5.92 Å². The van der Waals surface area contributed by atoms with Gasteiger partial charge in [0.2, 0.25) is 11.8 Å². The predicted molar refractivity (Wildman–Crippen MR) is 92.5 cm³/mol. The highest BCUT2D eigenvalue weighted by molar-refractivity contribution is 7.09. The van der Waals surface area contributed by atoms with Gasteiger partial charge in [0.05, 0.1) is 13.1 Å². The van der Waals surface area contributed by atoms with Gasteiger partial charge in [-0.2, -0.15) is 0 Å². The first-order chi connectivity index (χ1) is 11.2. The van der Waals surface area contributed by atoms with E-state index in [9.17, 15) is 9.59 Å². The molecule has 1 aromatic carbocycles. The van der Waals surface area contributed by atoms with Crippen molar-refractivity contribution >= 4 is 34.5 Å². The third-order valence-electron chi connectivity index (χ3n) is 3.59. The number of hydrogen-bond acceptors (Lipinski definition) is 4. The SMILES string of the molecule is O=C(CNc1ccc(NC(=O)C2CC2)cc1)NCc1cccs1. The predicted octanol–water partition coefficient (Wildman–Crippen LogP) is 2.82. The highest BCUT2D eigenvalue weighted by Crippen LogP contribution is 2.30. The molecule has 0 spiro atoms. The molecule has 5 nitrogen and oxygen atoms in total. The first kappa shape index (κ1) is 15.6. The Bertz CT molecular complexity index is 664. The fourth-order valence-electron chi connectivity index (χ4n) is 2.10. The molecule has 1 aliphatic carbocycles. The van der Waals surface area contributed by atoms with E-state index in [1.807, 2.05) is 41.8 Å². The van der Waals surface area contributed by atoms with E-state index in [1.165, 1.54) is 0 Å². The van der Waals surface area contributed by atoms with Crippen LogP contribution in [0.25, 0.3) is 0 Å². The van der Waals surface area contributed by atoms with Crippen LogP contribution in [0.5, 0.6) is 0 Å². The average Bonchev–Trinajstić information content (AvgIpc) is 3.29. The molecule has 23 heavy (non-hydrogen) atoms. The van der Waals surface area contributed by atoms with Crippen LogP contribution >= 0.6 is 11.3 Å². The molecule has 0 saturated heterocycles. The molecule has 3 rings (SSSR count). The number of anilines is 2. The van der Waals surface area contributed by atoms with Gasteiger partial charge < -0.3 is 16.0 Å². The topological polar surface area (TPSA) is 70.2 Å². The summed E-state index contributed by atoms with van der Waals surface area (Å²) in [6.07, 6.45) is 1.98. The lowest BCUT2D eigenvalue weighted by Crippen LogP contribution is -2.29. The van der Waals surface area contributed by atoms with Gasteiger partial charge in [-0.3, -0.25) is 9.59 Å². The molecule has 0 aliphatic heterocycles. The van der Waals surface area contributed by atoms with Crippen LogP contribution in [0.2, 0.25) is 0 Å². The normalized spacial score (nSPS) is 13.4. The maximum Gasteiger partial charge on any atom is 0.239 e. The van der Waals surface area contributed by atoms with Crippen LogP contribution < -0.4 is 16.0 Å². The first-order valence-electron chi connectivity index (χ1n) is 7.64. The van der Waals surface area contributed by atoms with E-state index < -0.39 is 0 Å². The second-order valence-electron chi connectivity index (χ2n) is 5.55. The van der Waals surface area contributed by atoms with E-state index in [4.69, 9.17) is 0 Å². The van der Waals surface area contributed by atoms with E-state index in [0.29, 0.717) is 6.54 Å². The zero-order valence-corrected chi connectivity index (χ0v) is 13.5. The summed E-state index contributed by atoms with van der Waals surface area (Å²) in [4.78, 5) is 24.6. The summed E-state index contributed by atoms with van der Waals surface area (Å²) in [7, 11) is 0. The molecule has 3 N–H and O–H groups in total. The summed E-state index contributed by atoms with van der Waals surface area (Å²) >= 11 is 1.62. The minimum Gasteiger partial charge on any atom is -0.376 e. The monoisotopic (exact) mass is 329 g/mol. The highest BCUT2D eigenvalue weighted by Gasteiger charge is 2.29. The van der Waals surface area contributed by atoms with Crippen LogP contribution in [0.15, 0.2) is 41.8 Å². The van der Waals surface area contributed by atoms with Gasteiger partial charge in [-0.1, -0.05) is 6.07 Å². The third kappa shape index (κ3) is 4.82. The number of rotatable bonds is 7. The Balaban J connectivity index is 1.40. The van der Waals surface area contributed by atoms with Crippen molar-refractivity contribution in [1.82, 2.24) is 5.32 Å². The second kappa shape index (κ2) is 7.28. The molecule has 1 saturated carbocycles. The Labute approximate surface area is 139 Å². The number of carbonyl (C=O) groups excluding carboxylic acids is 2. The molecule has 120 valence electrons. The quantitative estimate of drug-likeness (QED) is 0.731. The molecule has 1 heterocycles. The highest BCUT2D eigenvalue weighted by atomic mass is 32.1. The lowest BCUT2D eigenvalue weighted by molar-refractivity contribution is -0.119. The molecule has 2 amide bonds. The van der Waals surface area contributed by atoms with Crippen molar-refractivity contribution < 1.29 is 9.59 Å². The number of carbonyl (C=O) groups is 2. The number of nitrogens with one attached hydrogen (secondary N) is 3. The van der Waals surface area contributed by atoms with Crippen LogP contribution in [0, 0.1) is 5.92 Å². The van der Waals surface area contributed by atoms with Crippen LogP contribution in [-0.2, 0) is 16.1 Å². The molecule has 6 heteroatoms. The number of hydrogen-bond donors (Lipinski definition) is 3. The molecule has 0 unspecified atom stereocenters. The fourth-order valence-corrected chi connectivity index (χ4v) is 2.75. The summed E-state index contributed by atoms with van der Waals surface area (Å²) in [5.41, 5.74) is 1.63. The molecule has 0 bridgehead atoms. The van der Waals surface area contributed by atoms with Crippen LogP contribution in [-0.4, -0.2) is 18.4 Å². The molecule has 0 atom stereocenters. The number of amides is 2. The Morgan fingerprint density at radius 2 is 1.83 bits per heavy atom. The number of thiophene rings is 1. The van der Waals surface area contributed by atoms with Crippen molar-refractivity contribution in [1.29, 1.82) is 0 Å². The summed E-state index contributed by atoms with van der Waals surface area (Å²) in [5, 5.41) is 10.8. The van der Waals surface area contributed by atoms with E-state index in [0.717, 1.165) is 29.1 Å². The van der Waals surface area contributed by atoms with Gasteiger partial charge in [-0.15, -0.1) is 11.3 Å². The minimum atomic E-state index is -0.0514. The van der Waals surface area contributed by atoms with Crippen LogP contribution in [0.4, 0.5) is 11.4 Å². The smallest absolute Gasteiger partial charge is 0.239 e. The summed E-state index contributed by atoms with van der Waals surface area (Å²) < 4.78 is 0. The van der Waals surface area contributed by atoms with Crippen LogP contribution in [0.3, 0.4) is 0 Å². The third-order valence-corrected chi connectivity index (χ3v) is 4.47. The zero-order chi connectivity index (χ0) is 16.1. The molecule has 0 radical (unpaired) electrons. The summed E-state index contributed by atoms with van der Waals surface area (Å²) in [5.74, 6) is 0.239.